The molecule has 0 saturated heterocycles. The van der Waals surface area contributed by atoms with Crippen LogP contribution in [0.2, 0.25) is 0 Å². The highest BCUT2D eigenvalue weighted by Crippen LogP contribution is 2.27. The molecule has 3 rings (SSSR count). The van der Waals surface area contributed by atoms with E-state index in [1.165, 1.54) is 12.1 Å². The number of sulfonamides is 1. The van der Waals surface area contributed by atoms with Gasteiger partial charge in [-0.1, -0.05) is 0 Å². The molecule has 0 spiro atoms. The van der Waals surface area contributed by atoms with Crippen LogP contribution in [0.15, 0.2) is 35.2 Å². The lowest BCUT2D eigenvalue weighted by molar-refractivity contribution is 0.102. The SMILES string of the molecule is O=C(Nc1cc(F)c(F)c(F)c1)c1ccc2c(c1)S(=O)(=O)NCCO2. The molecule has 0 saturated carbocycles. The number of benzene rings is 2. The van der Waals surface area contributed by atoms with E-state index in [0.717, 1.165) is 6.07 Å². The number of hydrogen-bond acceptors (Lipinski definition) is 4. The number of fused-ring (bicyclic) bond motifs is 1. The van der Waals surface area contributed by atoms with Crippen molar-refractivity contribution in [2.75, 3.05) is 18.5 Å². The number of carbonyl (C=O) groups excluding carboxylic acids is 1. The van der Waals surface area contributed by atoms with Gasteiger partial charge in [0.2, 0.25) is 10.0 Å². The fourth-order valence-electron chi connectivity index (χ4n) is 2.22. The van der Waals surface area contributed by atoms with Gasteiger partial charge >= 0.3 is 0 Å². The number of ether oxygens (including phenoxy) is 1. The molecule has 0 radical (unpaired) electrons. The Hall–Kier alpha value is -2.59. The lowest BCUT2D eigenvalue weighted by atomic mass is 10.2. The van der Waals surface area contributed by atoms with Crippen molar-refractivity contribution in [1.29, 1.82) is 0 Å². The Morgan fingerprint density at radius 1 is 1.12 bits per heavy atom. The Morgan fingerprint density at radius 2 is 1.80 bits per heavy atom. The van der Waals surface area contributed by atoms with Crippen molar-refractivity contribution in [3.05, 3.63) is 53.3 Å². The van der Waals surface area contributed by atoms with Crippen LogP contribution in [0, 0.1) is 17.5 Å². The molecule has 6 nitrogen and oxygen atoms in total. The highest BCUT2D eigenvalue weighted by molar-refractivity contribution is 7.89. The van der Waals surface area contributed by atoms with Crippen LogP contribution in [0.3, 0.4) is 0 Å². The first-order valence-electron chi connectivity index (χ1n) is 7.00. The molecule has 0 aliphatic carbocycles. The molecule has 1 aliphatic heterocycles. The molecule has 10 heteroatoms. The third-order valence-electron chi connectivity index (χ3n) is 3.39. The third kappa shape index (κ3) is 3.44. The van der Waals surface area contributed by atoms with Crippen LogP contribution in [-0.4, -0.2) is 27.5 Å². The van der Waals surface area contributed by atoms with Gasteiger partial charge in [0.15, 0.2) is 17.5 Å². The van der Waals surface area contributed by atoms with Crippen LogP contribution in [0.25, 0.3) is 0 Å². The normalized spacial score (nSPS) is 15.6. The van der Waals surface area contributed by atoms with Crippen molar-refractivity contribution in [1.82, 2.24) is 4.72 Å². The predicted octanol–water partition coefficient (Wildman–Crippen LogP) is 2.03. The Bertz CT molecular complexity index is 940. The number of rotatable bonds is 2. The van der Waals surface area contributed by atoms with Crippen molar-refractivity contribution >= 4 is 21.6 Å². The van der Waals surface area contributed by atoms with Gasteiger partial charge in [0.05, 0.1) is 0 Å². The predicted molar refractivity (Wildman–Crippen MR) is 81.4 cm³/mol. The van der Waals surface area contributed by atoms with E-state index < -0.39 is 33.4 Å². The molecular weight excluding hydrogens is 361 g/mol. The minimum absolute atomic E-state index is 0.0761. The molecule has 2 aromatic carbocycles. The van der Waals surface area contributed by atoms with Crippen molar-refractivity contribution in [2.24, 2.45) is 0 Å². The Balaban J connectivity index is 1.92. The molecule has 1 heterocycles. The van der Waals surface area contributed by atoms with Gasteiger partial charge in [-0.05, 0) is 18.2 Å². The summed E-state index contributed by atoms with van der Waals surface area (Å²) in [6, 6.07) is 4.91. The average molecular weight is 372 g/mol. The number of halogens is 3. The van der Waals surface area contributed by atoms with Crippen LogP contribution in [0.1, 0.15) is 10.4 Å². The molecule has 2 N–H and O–H groups in total. The van der Waals surface area contributed by atoms with Crippen molar-refractivity contribution in [2.45, 2.75) is 4.90 Å². The summed E-state index contributed by atoms with van der Waals surface area (Å²) < 4.78 is 71.1. The third-order valence-corrected chi connectivity index (χ3v) is 4.87. The highest BCUT2D eigenvalue weighted by Gasteiger charge is 2.24. The summed E-state index contributed by atoms with van der Waals surface area (Å²) in [5, 5.41) is 2.18. The summed E-state index contributed by atoms with van der Waals surface area (Å²) in [4.78, 5) is 12.0. The number of amides is 1. The fraction of sp³-hybridized carbons (Fsp3) is 0.133. The molecule has 0 fully saturated rings. The van der Waals surface area contributed by atoms with Gasteiger partial charge in [-0.25, -0.2) is 26.3 Å². The first-order chi connectivity index (χ1) is 11.8. The maximum absolute atomic E-state index is 13.2. The fourth-order valence-corrected chi connectivity index (χ4v) is 3.41. The van der Waals surface area contributed by atoms with E-state index >= 15 is 0 Å². The lowest BCUT2D eigenvalue weighted by Gasteiger charge is -2.10. The second kappa shape index (κ2) is 6.37. The summed E-state index contributed by atoms with van der Waals surface area (Å²) >= 11 is 0. The standard InChI is InChI=1S/C15H11F3N2O4S/c16-10-6-9(7-11(17)14(10)18)20-15(21)8-1-2-12-13(5-8)25(22,23)19-3-4-24-12/h1-2,5-7,19H,3-4H2,(H,20,21). The zero-order valence-electron chi connectivity index (χ0n) is 12.5. The lowest BCUT2D eigenvalue weighted by Crippen LogP contribution is -2.25. The largest absolute Gasteiger partial charge is 0.491 e. The van der Waals surface area contributed by atoms with Gasteiger partial charge in [-0.2, -0.15) is 0 Å². The molecule has 1 aliphatic rings. The van der Waals surface area contributed by atoms with E-state index in [-0.39, 0.29) is 35.0 Å². The van der Waals surface area contributed by atoms with E-state index in [9.17, 15) is 26.4 Å². The number of nitrogens with one attached hydrogen (secondary N) is 2. The molecule has 0 atom stereocenters. The van der Waals surface area contributed by atoms with Crippen LogP contribution >= 0.6 is 0 Å². The van der Waals surface area contributed by atoms with E-state index in [1.54, 1.807) is 0 Å². The van der Waals surface area contributed by atoms with Crippen LogP contribution in [0.5, 0.6) is 5.75 Å². The summed E-state index contributed by atoms with van der Waals surface area (Å²) in [7, 11) is -3.85. The van der Waals surface area contributed by atoms with Crippen molar-refractivity contribution in [3.63, 3.8) is 0 Å². The molecule has 0 aromatic heterocycles. The number of anilines is 1. The zero-order chi connectivity index (χ0) is 18.2. The second-order valence-corrected chi connectivity index (χ2v) is 6.85. The average Bonchev–Trinajstić information content (AvgIpc) is 2.70. The Morgan fingerprint density at radius 3 is 2.48 bits per heavy atom. The summed E-state index contributed by atoms with van der Waals surface area (Å²) in [6.07, 6.45) is 0. The first kappa shape index (κ1) is 17.2. The topological polar surface area (TPSA) is 84.5 Å². The van der Waals surface area contributed by atoms with Gasteiger partial charge in [0, 0.05) is 29.9 Å². The van der Waals surface area contributed by atoms with E-state index in [2.05, 4.69) is 10.0 Å². The zero-order valence-corrected chi connectivity index (χ0v) is 13.3. The molecule has 0 bridgehead atoms. The van der Waals surface area contributed by atoms with Gasteiger partial charge in [-0.15, -0.1) is 0 Å². The monoisotopic (exact) mass is 372 g/mol. The molecule has 1 amide bonds. The second-order valence-electron chi connectivity index (χ2n) is 5.12. The number of hydrogen-bond donors (Lipinski definition) is 2. The summed E-state index contributed by atoms with van der Waals surface area (Å²) in [6.45, 7) is 0.207. The van der Waals surface area contributed by atoms with Gasteiger partial charge in [-0.3, -0.25) is 4.79 Å². The van der Waals surface area contributed by atoms with E-state index in [1.807, 2.05) is 0 Å². The smallest absolute Gasteiger partial charge is 0.255 e. The maximum Gasteiger partial charge on any atom is 0.255 e. The summed E-state index contributed by atoms with van der Waals surface area (Å²) in [5.74, 6) is -5.32. The molecular formula is C15H11F3N2O4S. The Kier molecular flexibility index (Phi) is 4.39. The van der Waals surface area contributed by atoms with Crippen molar-refractivity contribution in [3.8, 4) is 5.75 Å². The van der Waals surface area contributed by atoms with Crippen LogP contribution in [0.4, 0.5) is 18.9 Å². The molecule has 0 unspecified atom stereocenters. The minimum atomic E-state index is -3.85. The Labute approximate surface area is 140 Å². The van der Waals surface area contributed by atoms with Crippen LogP contribution < -0.4 is 14.8 Å². The van der Waals surface area contributed by atoms with E-state index in [0.29, 0.717) is 12.1 Å². The van der Waals surface area contributed by atoms with Gasteiger partial charge < -0.3 is 10.1 Å². The minimum Gasteiger partial charge on any atom is -0.491 e. The molecule has 25 heavy (non-hydrogen) atoms. The molecule has 132 valence electrons. The summed E-state index contributed by atoms with van der Waals surface area (Å²) in [5.41, 5.74) is -0.395. The van der Waals surface area contributed by atoms with Gasteiger partial charge in [0.25, 0.3) is 5.91 Å². The number of carbonyl (C=O) groups is 1. The van der Waals surface area contributed by atoms with E-state index in [4.69, 9.17) is 4.74 Å². The first-order valence-corrected chi connectivity index (χ1v) is 8.48. The quantitative estimate of drug-likeness (QED) is 0.790. The van der Waals surface area contributed by atoms with Gasteiger partial charge in [0.1, 0.15) is 17.3 Å². The molecule has 2 aromatic rings. The van der Waals surface area contributed by atoms with Crippen LogP contribution in [-0.2, 0) is 10.0 Å². The highest BCUT2D eigenvalue weighted by atomic mass is 32.2. The maximum atomic E-state index is 13.2. The van der Waals surface area contributed by atoms with Crippen molar-refractivity contribution < 1.29 is 31.1 Å².